The molecule has 0 bridgehead atoms. The number of rotatable bonds is 3. The van der Waals surface area contributed by atoms with Crippen LogP contribution in [0, 0.1) is 0 Å². The molecular formula is C20H20N4O3. The van der Waals surface area contributed by atoms with Gasteiger partial charge in [-0.2, -0.15) is 0 Å². The van der Waals surface area contributed by atoms with Crippen LogP contribution >= 0.6 is 0 Å². The number of ether oxygens (including phenoxy) is 1. The second kappa shape index (κ2) is 7.11. The Hall–Kier alpha value is -3.35. The topological polar surface area (TPSA) is 78.5 Å². The van der Waals surface area contributed by atoms with E-state index in [0.29, 0.717) is 43.1 Å². The predicted molar refractivity (Wildman–Crippen MR) is 101 cm³/mol. The maximum Gasteiger partial charge on any atom is 0.254 e. The van der Waals surface area contributed by atoms with E-state index in [-0.39, 0.29) is 11.8 Å². The smallest absolute Gasteiger partial charge is 0.254 e. The van der Waals surface area contributed by atoms with Crippen LogP contribution in [0.1, 0.15) is 20.7 Å². The van der Waals surface area contributed by atoms with Gasteiger partial charge in [-0.3, -0.25) is 9.59 Å². The summed E-state index contributed by atoms with van der Waals surface area (Å²) in [6, 6.07) is 12.6. The number of hydrogen-bond donors (Lipinski definition) is 1. The first kappa shape index (κ1) is 17.1. The molecule has 0 unspecified atom stereocenters. The van der Waals surface area contributed by atoms with Crippen molar-refractivity contribution in [1.82, 2.24) is 19.8 Å². The number of aromatic nitrogens is 2. The van der Waals surface area contributed by atoms with Crippen LogP contribution in [0.2, 0.25) is 0 Å². The molecule has 1 aromatic heterocycles. The molecule has 27 heavy (non-hydrogen) atoms. The third-order valence-electron chi connectivity index (χ3n) is 4.84. The number of H-pyrrole nitrogens is 1. The average Bonchev–Trinajstić information content (AvgIpc) is 3.20. The Morgan fingerprint density at radius 3 is 2.30 bits per heavy atom. The predicted octanol–water partition coefficient (Wildman–Crippen LogP) is 2.17. The minimum atomic E-state index is -0.0418. The molecule has 0 atom stereocenters. The zero-order valence-electron chi connectivity index (χ0n) is 15.0. The molecular weight excluding hydrogens is 344 g/mol. The van der Waals surface area contributed by atoms with E-state index in [2.05, 4.69) is 9.97 Å². The standard InChI is InChI=1S/C20H20N4O3/c1-27-16-4-2-3-14(11-16)19(25)23-7-9-24(10-8-23)20(26)15-5-6-17-18(12-15)22-13-21-17/h2-6,11-13H,7-10H2,1H3,(H,21,22). The summed E-state index contributed by atoms with van der Waals surface area (Å²) in [6.45, 7) is 2.04. The van der Waals surface area contributed by atoms with Gasteiger partial charge in [0.25, 0.3) is 11.8 Å². The first-order valence-electron chi connectivity index (χ1n) is 8.81. The molecule has 0 radical (unpaired) electrons. The molecule has 1 saturated heterocycles. The van der Waals surface area contributed by atoms with Gasteiger partial charge < -0.3 is 19.5 Å². The summed E-state index contributed by atoms with van der Waals surface area (Å²) in [7, 11) is 1.58. The fourth-order valence-corrected chi connectivity index (χ4v) is 3.30. The molecule has 1 fully saturated rings. The Balaban J connectivity index is 1.42. The number of imidazole rings is 1. The molecule has 2 aromatic carbocycles. The maximum atomic E-state index is 12.8. The van der Waals surface area contributed by atoms with Gasteiger partial charge in [-0.25, -0.2) is 4.98 Å². The molecule has 4 rings (SSSR count). The third-order valence-corrected chi connectivity index (χ3v) is 4.84. The van der Waals surface area contributed by atoms with Crippen LogP contribution in [0.3, 0.4) is 0 Å². The van der Waals surface area contributed by atoms with Crippen molar-refractivity contribution in [3.05, 3.63) is 59.9 Å². The van der Waals surface area contributed by atoms with Crippen LogP contribution in [0.15, 0.2) is 48.8 Å². The van der Waals surface area contributed by atoms with Crippen molar-refractivity contribution in [3.63, 3.8) is 0 Å². The Labute approximate surface area is 156 Å². The van der Waals surface area contributed by atoms with Crippen molar-refractivity contribution < 1.29 is 14.3 Å². The van der Waals surface area contributed by atoms with Crippen LogP contribution < -0.4 is 4.74 Å². The summed E-state index contributed by atoms with van der Waals surface area (Å²) >= 11 is 0. The summed E-state index contributed by atoms with van der Waals surface area (Å²) < 4.78 is 5.18. The molecule has 1 aliphatic rings. The first-order chi connectivity index (χ1) is 13.2. The van der Waals surface area contributed by atoms with Gasteiger partial charge in [0.05, 0.1) is 24.5 Å². The highest BCUT2D eigenvalue weighted by Gasteiger charge is 2.25. The van der Waals surface area contributed by atoms with E-state index in [1.165, 1.54) is 0 Å². The van der Waals surface area contributed by atoms with Gasteiger partial charge in [-0.15, -0.1) is 0 Å². The second-order valence-electron chi connectivity index (χ2n) is 6.45. The molecule has 2 amide bonds. The highest BCUT2D eigenvalue weighted by molar-refractivity contribution is 5.98. The van der Waals surface area contributed by atoms with E-state index in [1.54, 1.807) is 47.5 Å². The van der Waals surface area contributed by atoms with Gasteiger partial charge in [0.2, 0.25) is 0 Å². The summed E-state index contributed by atoms with van der Waals surface area (Å²) in [6.07, 6.45) is 1.61. The van der Waals surface area contributed by atoms with Crippen LogP contribution in [-0.2, 0) is 0 Å². The number of amides is 2. The fourth-order valence-electron chi connectivity index (χ4n) is 3.30. The van der Waals surface area contributed by atoms with E-state index >= 15 is 0 Å². The molecule has 1 aliphatic heterocycles. The van der Waals surface area contributed by atoms with E-state index in [0.717, 1.165) is 11.0 Å². The van der Waals surface area contributed by atoms with E-state index in [1.807, 2.05) is 18.2 Å². The minimum absolute atomic E-state index is 0.0278. The lowest BCUT2D eigenvalue weighted by molar-refractivity contribution is 0.0535. The molecule has 7 nitrogen and oxygen atoms in total. The molecule has 1 N–H and O–H groups in total. The Morgan fingerprint density at radius 1 is 0.963 bits per heavy atom. The number of nitrogens with one attached hydrogen (secondary N) is 1. The van der Waals surface area contributed by atoms with Crippen molar-refractivity contribution in [2.45, 2.75) is 0 Å². The van der Waals surface area contributed by atoms with Crippen LogP contribution in [0.25, 0.3) is 11.0 Å². The number of hydrogen-bond acceptors (Lipinski definition) is 4. The maximum absolute atomic E-state index is 12.8. The minimum Gasteiger partial charge on any atom is -0.497 e. The van der Waals surface area contributed by atoms with Gasteiger partial charge in [0.1, 0.15) is 5.75 Å². The Kier molecular flexibility index (Phi) is 4.50. The van der Waals surface area contributed by atoms with Crippen molar-refractivity contribution in [3.8, 4) is 5.75 Å². The normalized spacial score (nSPS) is 14.4. The van der Waals surface area contributed by atoms with Crippen molar-refractivity contribution in [2.75, 3.05) is 33.3 Å². The zero-order valence-corrected chi connectivity index (χ0v) is 15.0. The Morgan fingerprint density at radius 2 is 1.63 bits per heavy atom. The number of benzene rings is 2. The summed E-state index contributed by atoms with van der Waals surface area (Å²) in [5.74, 6) is 0.587. The summed E-state index contributed by atoms with van der Waals surface area (Å²) in [5, 5.41) is 0. The molecule has 0 aliphatic carbocycles. The molecule has 0 saturated carbocycles. The van der Waals surface area contributed by atoms with Crippen molar-refractivity contribution in [1.29, 1.82) is 0 Å². The average molecular weight is 364 g/mol. The number of carbonyl (C=O) groups is 2. The van der Waals surface area contributed by atoms with Gasteiger partial charge >= 0.3 is 0 Å². The lowest BCUT2D eigenvalue weighted by Gasteiger charge is -2.35. The molecule has 3 aromatic rings. The van der Waals surface area contributed by atoms with E-state index < -0.39 is 0 Å². The molecule has 7 heteroatoms. The zero-order chi connectivity index (χ0) is 18.8. The van der Waals surface area contributed by atoms with Crippen LogP contribution in [-0.4, -0.2) is 64.9 Å². The summed E-state index contributed by atoms with van der Waals surface area (Å²) in [5.41, 5.74) is 2.89. The van der Waals surface area contributed by atoms with Crippen molar-refractivity contribution in [2.24, 2.45) is 0 Å². The number of methoxy groups -OCH3 is 1. The Bertz CT molecular complexity index is 990. The molecule has 0 spiro atoms. The van der Waals surface area contributed by atoms with Gasteiger partial charge in [-0.1, -0.05) is 6.07 Å². The lowest BCUT2D eigenvalue weighted by atomic mass is 10.1. The number of nitrogens with zero attached hydrogens (tertiary/aromatic N) is 3. The quantitative estimate of drug-likeness (QED) is 0.773. The summed E-state index contributed by atoms with van der Waals surface area (Å²) in [4.78, 5) is 36.2. The van der Waals surface area contributed by atoms with Crippen molar-refractivity contribution >= 4 is 22.8 Å². The third kappa shape index (κ3) is 3.36. The number of aromatic amines is 1. The molecule has 138 valence electrons. The second-order valence-corrected chi connectivity index (χ2v) is 6.45. The first-order valence-corrected chi connectivity index (χ1v) is 8.81. The van der Waals surface area contributed by atoms with E-state index in [9.17, 15) is 9.59 Å². The van der Waals surface area contributed by atoms with E-state index in [4.69, 9.17) is 4.74 Å². The molecule has 2 heterocycles. The van der Waals surface area contributed by atoms with Gasteiger partial charge in [0.15, 0.2) is 0 Å². The van der Waals surface area contributed by atoms with Crippen LogP contribution in [0.5, 0.6) is 5.75 Å². The largest absolute Gasteiger partial charge is 0.497 e. The fraction of sp³-hybridized carbons (Fsp3) is 0.250. The lowest BCUT2D eigenvalue weighted by Crippen LogP contribution is -2.50. The number of piperazine rings is 1. The number of fused-ring (bicyclic) bond motifs is 1. The number of carbonyl (C=O) groups excluding carboxylic acids is 2. The van der Waals surface area contributed by atoms with Crippen LogP contribution in [0.4, 0.5) is 0 Å². The SMILES string of the molecule is COc1cccc(C(=O)N2CCN(C(=O)c3ccc4nc[nH]c4c3)CC2)c1. The highest BCUT2D eigenvalue weighted by Crippen LogP contribution is 2.17. The highest BCUT2D eigenvalue weighted by atomic mass is 16.5. The van der Waals surface area contributed by atoms with Gasteiger partial charge in [0, 0.05) is 37.3 Å². The monoisotopic (exact) mass is 364 g/mol. The van der Waals surface area contributed by atoms with Gasteiger partial charge in [-0.05, 0) is 36.4 Å².